The first-order chi connectivity index (χ1) is 10.5. The first-order valence-corrected chi connectivity index (χ1v) is 7.81. The van der Waals surface area contributed by atoms with Crippen molar-refractivity contribution in [1.29, 1.82) is 0 Å². The summed E-state index contributed by atoms with van der Waals surface area (Å²) in [7, 11) is 2.11. The van der Waals surface area contributed by atoms with E-state index in [-0.39, 0.29) is 30.3 Å². The maximum absolute atomic E-state index is 12.8. The molecular weight excluding hydrogens is 283 g/mol. The van der Waals surface area contributed by atoms with E-state index in [9.17, 15) is 14.0 Å². The number of hydrogen-bond donors (Lipinski definition) is 0. The Hall–Kier alpha value is -1.75. The smallest absolute Gasteiger partial charge is 0.223 e. The predicted molar refractivity (Wildman–Crippen MR) is 81.1 cm³/mol. The second-order valence-corrected chi connectivity index (χ2v) is 6.33. The van der Waals surface area contributed by atoms with E-state index >= 15 is 0 Å². The highest BCUT2D eigenvalue weighted by Crippen LogP contribution is 2.30. The Morgan fingerprint density at radius 2 is 1.91 bits per heavy atom. The maximum Gasteiger partial charge on any atom is 0.223 e. The van der Waals surface area contributed by atoms with Crippen LogP contribution in [-0.4, -0.2) is 54.2 Å². The monoisotopic (exact) mass is 304 g/mol. The SMILES string of the molecule is CN1CC[C@@H]2CN(C(=O)CCC(=O)c3ccc(F)cc3)C[C@@H]21. The molecule has 0 saturated carbocycles. The minimum atomic E-state index is -0.361. The van der Waals surface area contributed by atoms with E-state index in [1.807, 2.05) is 4.90 Å². The molecule has 0 bridgehead atoms. The topological polar surface area (TPSA) is 40.6 Å². The van der Waals surface area contributed by atoms with Gasteiger partial charge in [-0.2, -0.15) is 0 Å². The molecule has 2 heterocycles. The van der Waals surface area contributed by atoms with Gasteiger partial charge in [0, 0.05) is 37.5 Å². The van der Waals surface area contributed by atoms with Crippen LogP contribution in [0.25, 0.3) is 0 Å². The molecular formula is C17H21FN2O2. The second-order valence-electron chi connectivity index (χ2n) is 6.33. The van der Waals surface area contributed by atoms with Gasteiger partial charge in [-0.05, 0) is 50.2 Å². The molecule has 1 aromatic carbocycles. The summed E-state index contributed by atoms with van der Waals surface area (Å²) in [5, 5.41) is 0. The molecule has 118 valence electrons. The number of hydrogen-bond acceptors (Lipinski definition) is 3. The quantitative estimate of drug-likeness (QED) is 0.798. The van der Waals surface area contributed by atoms with Crippen molar-refractivity contribution >= 4 is 11.7 Å². The zero-order chi connectivity index (χ0) is 15.7. The summed E-state index contributed by atoms with van der Waals surface area (Å²) in [4.78, 5) is 28.5. The van der Waals surface area contributed by atoms with Crippen LogP contribution >= 0.6 is 0 Å². The van der Waals surface area contributed by atoms with Crippen molar-refractivity contribution < 1.29 is 14.0 Å². The normalized spacial score (nSPS) is 24.5. The third-order valence-electron chi connectivity index (χ3n) is 4.91. The van der Waals surface area contributed by atoms with Crippen LogP contribution in [0.3, 0.4) is 0 Å². The molecule has 2 aliphatic rings. The Bertz CT molecular complexity index is 573. The summed E-state index contributed by atoms with van der Waals surface area (Å²) < 4.78 is 12.8. The van der Waals surface area contributed by atoms with Gasteiger partial charge in [0.1, 0.15) is 5.82 Å². The Morgan fingerprint density at radius 3 is 2.59 bits per heavy atom. The van der Waals surface area contributed by atoms with Crippen LogP contribution in [0.4, 0.5) is 4.39 Å². The molecule has 0 spiro atoms. The van der Waals surface area contributed by atoms with E-state index in [1.165, 1.54) is 24.3 Å². The van der Waals surface area contributed by atoms with Gasteiger partial charge in [0.15, 0.2) is 5.78 Å². The van der Waals surface area contributed by atoms with Gasteiger partial charge in [0.05, 0.1) is 0 Å². The number of carbonyl (C=O) groups is 2. The first-order valence-electron chi connectivity index (χ1n) is 7.81. The number of halogens is 1. The molecule has 2 saturated heterocycles. The average Bonchev–Trinajstić information content (AvgIpc) is 3.08. The Balaban J connectivity index is 1.50. The molecule has 5 heteroatoms. The van der Waals surface area contributed by atoms with Crippen LogP contribution in [0.2, 0.25) is 0 Å². The van der Waals surface area contributed by atoms with Crippen LogP contribution in [0.15, 0.2) is 24.3 Å². The van der Waals surface area contributed by atoms with Crippen molar-refractivity contribution in [3.63, 3.8) is 0 Å². The number of Topliss-reactive ketones (excluding diaryl/α,β-unsaturated/α-hetero) is 1. The zero-order valence-corrected chi connectivity index (χ0v) is 12.8. The zero-order valence-electron chi connectivity index (χ0n) is 12.8. The van der Waals surface area contributed by atoms with E-state index in [0.29, 0.717) is 17.5 Å². The Kier molecular flexibility index (Phi) is 4.25. The number of benzene rings is 1. The molecule has 1 aromatic rings. The molecule has 2 aliphatic heterocycles. The lowest BCUT2D eigenvalue weighted by molar-refractivity contribution is -0.130. The van der Waals surface area contributed by atoms with Gasteiger partial charge >= 0.3 is 0 Å². The van der Waals surface area contributed by atoms with Crippen molar-refractivity contribution in [2.24, 2.45) is 5.92 Å². The predicted octanol–water partition coefficient (Wildman–Crippen LogP) is 1.95. The van der Waals surface area contributed by atoms with E-state index in [1.54, 1.807) is 0 Å². The van der Waals surface area contributed by atoms with Crippen LogP contribution < -0.4 is 0 Å². The Labute approximate surface area is 129 Å². The minimum Gasteiger partial charge on any atom is -0.341 e. The molecule has 0 radical (unpaired) electrons. The number of likely N-dealkylation sites (tertiary alicyclic amines) is 2. The lowest BCUT2D eigenvalue weighted by Crippen LogP contribution is -2.35. The number of carbonyl (C=O) groups excluding carboxylic acids is 2. The Morgan fingerprint density at radius 1 is 1.18 bits per heavy atom. The highest BCUT2D eigenvalue weighted by Gasteiger charge is 2.40. The number of rotatable bonds is 4. The molecule has 4 nitrogen and oxygen atoms in total. The summed E-state index contributed by atoms with van der Waals surface area (Å²) >= 11 is 0. The van der Waals surface area contributed by atoms with Crippen molar-refractivity contribution in [1.82, 2.24) is 9.80 Å². The average molecular weight is 304 g/mol. The number of nitrogens with zero attached hydrogens (tertiary/aromatic N) is 2. The summed E-state index contributed by atoms with van der Waals surface area (Å²) in [6.45, 7) is 2.71. The molecule has 3 rings (SSSR count). The summed E-state index contributed by atoms with van der Waals surface area (Å²) in [6.07, 6.45) is 1.57. The molecule has 0 aromatic heterocycles. The molecule has 0 unspecified atom stereocenters. The van der Waals surface area contributed by atoms with Crippen molar-refractivity contribution in [2.45, 2.75) is 25.3 Å². The third-order valence-corrected chi connectivity index (χ3v) is 4.91. The van der Waals surface area contributed by atoms with Gasteiger partial charge in [0.2, 0.25) is 5.91 Å². The molecule has 2 fully saturated rings. The van der Waals surface area contributed by atoms with E-state index in [2.05, 4.69) is 11.9 Å². The third kappa shape index (κ3) is 3.04. The summed E-state index contributed by atoms with van der Waals surface area (Å²) in [5.74, 6) is 0.172. The number of ketones is 1. The van der Waals surface area contributed by atoms with Crippen LogP contribution in [0, 0.1) is 11.7 Å². The van der Waals surface area contributed by atoms with Crippen molar-refractivity contribution in [2.75, 3.05) is 26.7 Å². The van der Waals surface area contributed by atoms with Crippen LogP contribution in [-0.2, 0) is 4.79 Å². The van der Waals surface area contributed by atoms with Crippen molar-refractivity contribution in [3.8, 4) is 0 Å². The fourth-order valence-corrected chi connectivity index (χ4v) is 3.53. The van der Waals surface area contributed by atoms with Gasteiger partial charge in [-0.15, -0.1) is 0 Å². The lowest BCUT2D eigenvalue weighted by atomic mass is 10.1. The van der Waals surface area contributed by atoms with Crippen LogP contribution in [0.5, 0.6) is 0 Å². The summed E-state index contributed by atoms with van der Waals surface area (Å²) in [6, 6.07) is 5.96. The van der Waals surface area contributed by atoms with Gasteiger partial charge in [0.25, 0.3) is 0 Å². The van der Waals surface area contributed by atoms with Gasteiger partial charge in [-0.25, -0.2) is 4.39 Å². The number of amides is 1. The number of likely N-dealkylation sites (N-methyl/N-ethyl adjacent to an activating group) is 1. The molecule has 1 amide bonds. The standard InChI is InChI=1S/C17H21FN2O2/c1-19-9-8-13-10-20(11-15(13)19)17(22)7-6-16(21)12-2-4-14(18)5-3-12/h2-5,13,15H,6-11H2,1H3/t13-,15+/m1/s1. The molecule has 22 heavy (non-hydrogen) atoms. The highest BCUT2D eigenvalue weighted by molar-refractivity contribution is 5.97. The first kappa shape index (κ1) is 15.2. The van der Waals surface area contributed by atoms with E-state index in [4.69, 9.17) is 0 Å². The lowest BCUT2D eigenvalue weighted by Gasteiger charge is -2.20. The van der Waals surface area contributed by atoms with E-state index < -0.39 is 0 Å². The molecule has 2 atom stereocenters. The molecule has 0 aliphatic carbocycles. The largest absolute Gasteiger partial charge is 0.341 e. The minimum absolute atomic E-state index is 0.0539. The summed E-state index contributed by atoms with van der Waals surface area (Å²) in [5.41, 5.74) is 0.465. The second kappa shape index (κ2) is 6.16. The maximum atomic E-state index is 12.8. The van der Waals surface area contributed by atoms with E-state index in [0.717, 1.165) is 26.1 Å². The van der Waals surface area contributed by atoms with Gasteiger partial charge < -0.3 is 9.80 Å². The number of fused-ring (bicyclic) bond motifs is 1. The van der Waals surface area contributed by atoms with Gasteiger partial charge in [-0.3, -0.25) is 9.59 Å². The highest BCUT2D eigenvalue weighted by atomic mass is 19.1. The fourth-order valence-electron chi connectivity index (χ4n) is 3.53. The van der Waals surface area contributed by atoms with Crippen molar-refractivity contribution in [3.05, 3.63) is 35.6 Å². The fraction of sp³-hybridized carbons (Fsp3) is 0.529. The van der Waals surface area contributed by atoms with Gasteiger partial charge in [-0.1, -0.05) is 0 Å². The van der Waals surface area contributed by atoms with Crippen LogP contribution in [0.1, 0.15) is 29.6 Å². The molecule has 0 N–H and O–H groups in total.